The number of fused-ring (bicyclic) bond motifs is 1. The largest absolute Gasteiger partial charge is 0.399 e. The van der Waals surface area contributed by atoms with Gasteiger partial charge in [0, 0.05) is 12.2 Å². The smallest absolute Gasteiger partial charge is 0.108 e. The highest BCUT2D eigenvalue weighted by molar-refractivity contribution is 7.18. The van der Waals surface area contributed by atoms with E-state index < -0.39 is 0 Å². The monoisotopic (exact) mass is 297 g/mol. The number of para-hydroxylation sites is 1. The number of thiazole rings is 1. The van der Waals surface area contributed by atoms with Gasteiger partial charge in [-0.15, -0.1) is 11.3 Å². The predicted molar refractivity (Wildman–Crippen MR) is 90.3 cm³/mol. The van der Waals surface area contributed by atoms with E-state index in [2.05, 4.69) is 42.2 Å². The standard InChI is InChI=1S/C17H19N3S/c1-2-20(11-13-7-9-14(18)10-8-13)12-17-19-15-5-3-4-6-16(15)21-17/h3-10H,2,11-12,18H2,1H3. The van der Waals surface area contributed by atoms with Gasteiger partial charge in [-0.3, -0.25) is 4.90 Å². The minimum atomic E-state index is 0.813. The summed E-state index contributed by atoms with van der Waals surface area (Å²) in [5.41, 5.74) is 8.93. The summed E-state index contributed by atoms with van der Waals surface area (Å²) >= 11 is 1.78. The van der Waals surface area contributed by atoms with Crippen LogP contribution in [-0.4, -0.2) is 16.4 Å². The van der Waals surface area contributed by atoms with Gasteiger partial charge in [-0.05, 0) is 36.4 Å². The second-order valence-corrected chi connectivity index (χ2v) is 6.24. The second-order valence-electron chi connectivity index (χ2n) is 5.12. The number of benzene rings is 2. The zero-order chi connectivity index (χ0) is 14.7. The molecule has 4 heteroatoms. The van der Waals surface area contributed by atoms with Crippen LogP contribution in [0.3, 0.4) is 0 Å². The van der Waals surface area contributed by atoms with Gasteiger partial charge in [0.15, 0.2) is 0 Å². The van der Waals surface area contributed by atoms with Crippen LogP contribution in [0.15, 0.2) is 48.5 Å². The molecular weight excluding hydrogens is 278 g/mol. The summed E-state index contributed by atoms with van der Waals surface area (Å²) in [7, 11) is 0. The highest BCUT2D eigenvalue weighted by Gasteiger charge is 2.09. The van der Waals surface area contributed by atoms with Crippen LogP contribution >= 0.6 is 11.3 Å². The number of hydrogen-bond donors (Lipinski definition) is 1. The summed E-state index contributed by atoms with van der Waals surface area (Å²) < 4.78 is 1.26. The van der Waals surface area contributed by atoms with Crippen LogP contribution < -0.4 is 5.73 Å². The fraction of sp³-hybridized carbons (Fsp3) is 0.235. The molecular formula is C17H19N3S. The molecule has 0 fully saturated rings. The number of aromatic nitrogens is 1. The number of nitrogens with zero attached hydrogens (tertiary/aromatic N) is 2. The normalized spacial score (nSPS) is 11.3. The highest BCUT2D eigenvalue weighted by atomic mass is 32.1. The zero-order valence-corrected chi connectivity index (χ0v) is 12.9. The molecule has 0 aliphatic rings. The topological polar surface area (TPSA) is 42.1 Å². The lowest BCUT2D eigenvalue weighted by molar-refractivity contribution is 0.271. The minimum Gasteiger partial charge on any atom is -0.399 e. The molecule has 0 bridgehead atoms. The molecule has 0 saturated heterocycles. The van der Waals surface area contributed by atoms with Crippen molar-refractivity contribution in [2.45, 2.75) is 20.0 Å². The molecule has 21 heavy (non-hydrogen) atoms. The number of hydrogen-bond acceptors (Lipinski definition) is 4. The molecule has 0 unspecified atom stereocenters. The molecule has 1 heterocycles. The van der Waals surface area contributed by atoms with E-state index in [-0.39, 0.29) is 0 Å². The molecule has 0 atom stereocenters. The summed E-state index contributed by atoms with van der Waals surface area (Å²) in [6.07, 6.45) is 0. The molecule has 108 valence electrons. The van der Waals surface area contributed by atoms with Crippen LogP contribution in [0.2, 0.25) is 0 Å². The van der Waals surface area contributed by atoms with Crippen molar-refractivity contribution in [3.05, 3.63) is 59.1 Å². The maximum absolute atomic E-state index is 5.73. The lowest BCUT2D eigenvalue weighted by Gasteiger charge is -2.19. The Labute approximate surface area is 129 Å². The third-order valence-electron chi connectivity index (χ3n) is 3.53. The van der Waals surface area contributed by atoms with E-state index in [0.29, 0.717) is 0 Å². The van der Waals surface area contributed by atoms with Gasteiger partial charge in [0.25, 0.3) is 0 Å². The minimum absolute atomic E-state index is 0.813. The van der Waals surface area contributed by atoms with Crippen molar-refractivity contribution in [3.8, 4) is 0 Å². The molecule has 1 aromatic heterocycles. The lowest BCUT2D eigenvalue weighted by atomic mass is 10.2. The molecule has 0 aliphatic carbocycles. The van der Waals surface area contributed by atoms with E-state index in [1.54, 1.807) is 11.3 Å². The van der Waals surface area contributed by atoms with Crippen LogP contribution in [-0.2, 0) is 13.1 Å². The quantitative estimate of drug-likeness (QED) is 0.726. The maximum Gasteiger partial charge on any atom is 0.108 e. The molecule has 2 N–H and O–H groups in total. The third-order valence-corrected chi connectivity index (χ3v) is 4.55. The molecule has 0 amide bonds. The Morgan fingerprint density at radius 1 is 1.05 bits per heavy atom. The molecule has 0 saturated carbocycles. The zero-order valence-electron chi connectivity index (χ0n) is 12.1. The van der Waals surface area contributed by atoms with Gasteiger partial charge in [0.1, 0.15) is 5.01 Å². The molecule has 0 radical (unpaired) electrons. The first-order valence-electron chi connectivity index (χ1n) is 7.16. The Bertz CT molecular complexity index is 685. The van der Waals surface area contributed by atoms with E-state index in [4.69, 9.17) is 10.7 Å². The SMILES string of the molecule is CCN(Cc1ccc(N)cc1)Cc1nc2ccccc2s1. The highest BCUT2D eigenvalue weighted by Crippen LogP contribution is 2.23. The first-order chi connectivity index (χ1) is 10.2. The Balaban J connectivity index is 1.73. The van der Waals surface area contributed by atoms with E-state index >= 15 is 0 Å². The fourth-order valence-electron chi connectivity index (χ4n) is 2.34. The summed E-state index contributed by atoms with van der Waals surface area (Å²) in [4.78, 5) is 7.11. The van der Waals surface area contributed by atoms with Gasteiger partial charge < -0.3 is 5.73 Å². The Morgan fingerprint density at radius 2 is 1.81 bits per heavy atom. The third kappa shape index (κ3) is 3.40. The van der Waals surface area contributed by atoms with Crippen LogP contribution in [0.4, 0.5) is 5.69 Å². The average Bonchev–Trinajstić information content (AvgIpc) is 2.91. The summed E-state index contributed by atoms with van der Waals surface area (Å²) in [6.45, 7) is 5.00. The maximum atomic E-state index is 5.73. The number of rotatable bonds is 5. The number of nitrogen functional groups attached to an aromatic ring is 1. The first-order valence-corrected chi connectivity index (χ1v) is 7.97. The van der Waals surface area contributed by atoms with Crippen molar-refractivity contribution in [1.82, 2.24) is 9.88 Å². The Hall–Kier alpha value is -1.91. The number of anilines is 1. The summed E-state index contributed by atoms with van der Waals surface area (Å²) in [5.74, 6) is 0. The lowest BCUT2D eigenvalue weighted by Crippen LogP contribution is -2.22. The van der Waals surface area contributed by atoms with Crippen molar-refractivity contribution >= 4 is 27.2 Å². The van der Waals surface area contributed by atoms with E-state index in [0.717, 1.165) is 30.8 Å². The molecule has 0 spiro atoms. The van der Waals surface area contributed by atoms with Gasteiger partial charge in [-0.25, -0.2) is 4.98 Å². The van der Waals surface area contributed by atoms with E-state index in [9.17, 15) is 0 Å². The van der Waals surface area contributed by atoms with Crippen LogP contribution in [0.25, 0.3) is 10.2 Å². The second kappa shape index (κ2) is 6.24. The molecule has 3 aromatic rings. The predicted octanol–water partition coefficient (Wildman–Crippen LogP) is 3.90. The van der Waals surface area contributed by atoms with Crippen molar-refractivity contribution < 1.29 is 0 Å². The molecule has 0 aliphatic heterocycles. The van der Waals surface area contributed by atoms with Crippen LogP contribution in [0, 0.1) is 0 Å². The van der Waals surface area contributed by atoms with Crippen molar-refractivity contribution in [3.63, 3.8) is 0 Å². The average molecular weight is 297 g/mol. The number of nitrogens with two attached hydrogens (primary N) is 1. The van der Waals surface area contributed by atoms with Gasteiger partial charge in [-0.1, -0.05) is 31.2 Å². The van der Waals surface area contributed by atoms with Gasteiger partial charge in [0.05, 0.1) is 16.8 Å². The van der Waals surface area contributed by atoms with Crippen LogP contribution in [0.1, 0.15) is 17.5 Å². The van der Waals surface area contributed by atoms with E-state index in [1.165, 1.54) is 15.3 Å². The van der Waals surface area contributed by atoms with Gasteiger partial charge >= 0.3 is 0 Å². The summed E-state index contributed by atoms with van der Waals surface area (Å²) in [6, 6.07) is 16.4. The Morgan fingerprint density at radius 3 is 2.52 bits per heavy atom. The fourth-order valence-corrected chi connectivity index (χ4v) is 3.35. The van der Waals surface area contributed by atoms with Crippen LogP contribution in [0.5, 0.6) is 0 Å². The van der Waals surface area contributed by atoms with Crippen molar-refractivity contribution in [2.75, 3.05) is 12.3 Å². The van der Waals surface area contributed by atoms with Crippen molar-refractivity contribution in [2.24, 2.45) is 0 Å². The molecule has 3 rings (SSSR count). The Kier molecular flexibility index (Phi) is 4.18. The van der Waals surface area contributed by atoms with Gasteiger partial charge in [0.2, 0.25) is 0 Å². The molecule has 3 nitrogen and oxygen atoms in total. The van der Waals surface area contributed by atoms with Crippen molar-refractivity contribution in [1.29, 1.82) is 0 Å². The first kappa shape index (κ1) is 14.0. The molecule has 2 aromatic carbocycles. The summed E-state index contributed by atoms with van der Waals surface area (Å²) in [5, 5.41) is 1.17. The van der Waals surface area contributed by atoms with Gasteiger partial charge in [-0.2, -0.15) is 0 Å². The van der Waals surface area contributed by atoms with E-state index in [1.807, 2.05) is 18.2 Å².